The zero-order valence-electron chi connectivity index (χ0n) is 13.4. The van der Waals surface area contributed by atoms with Gasteiger partial charge in [0.1, 0.15) is 6.10 Å². The molecular weight excluding hydrogens is 349 g/mol. The van der Waals surface area contributed by atoms with Crippen LogP contribution in [0.1, 0.15) is 12.8 Å². The summed E-state index contributed by atoms with van der Waals surface area (Å²) in [6.07, 6.45) is 4.30. The van der Waals surface area contributed by atoms with E-state index in [1.165, 1.54) is 24.5 Å². The number of rotatable bonds is 5. The molecule has 1 unspecified atom stereocenters. The van der Waals surface area contributed by atoms with Crippen molar-refractivity contribution in [2.24, 2.45) is 0 Å². The zero-order valence-corrected chi connectivity index (χ0v) is 14.2. The van der Waals surface area contributed by atoms with Gasteiger partial charge in [-0.3, -0.25) is 4.79 Å². The van der Waals surface area contributed by atoms with Crippen molar-refractivity contribution in [3.05, 3.63) is 47.5 Å². The molecule has 0 radical (unpaired) electrons. The number of hydrogen-bond donors (Lipinski definition) is 0. The van der Waals surface area contributed by atoms with Crippen molar-refractivity contribution >= 4 is 17.5 Å². The Morgan fingerprint density at radius 1 is 1.32 bits per heavy atom. The van der Waals surface area contributed by atoms with E-state index in [9.17, 15) is 9.18 Å². The van der Waals surface area contributed by atoms with Gasteiger partial charge in [-0.15, -0.1) is 0 Å². The number of para-hydroxylation sites is 1. The lowest BCUT2D eigenvalue weighted by atomic mass is 10.1. The fourth-order valence-electron chi connectivity index (χ4n) is 2.56. The van der Waals surface area contributed by atoms with E-state index in [0.717, 1.165) is 12.8 Å². The van der Waals surface area contributed by atoms with Crippen molar-refractivity contribution < 1.29 is 18.7 Å². The Morgan fingerprint density at radius 3 is 2.84 bits per heavy atom. The van der Waals surface area contributed by atoms with Crippen molar-refractivity contribution in [1.82, 2.24) is 14.9 Å². The predicted octanol–water partition coefficient (Wildman–Crippen LogP) is 2.72. The van der Waals surface area contributed by atoms with E-state index in [2.05, 4.69) is 9.97 Å². The maximum atomic E-state index is 13.5. The summed E-state index contributed by atoms with van der Waals surface area (Å²) in [6.45, 7) is 0.803. The van der Waals surface area contributed by atoms with Crippen LogP contribution < -0.4 is 9.47 Å². The number of benzene rings is 1. The van der Waals surface area contributed by atoms with Gasteiger partial charge >= 0.3 is 6.01 Å². The molecule has 0 bridgehead atoms. The van der Waals surface area contributed by atoms with Gasteiger partial charge in [0, 0.05) is 6.54 Å². The fourth-order valence-corrected chi connectivity index (χ4v) is 2.66. The van der Waals surface area contributed by atoms with Gasteiger partial charge in [0.25, 0.3) is 5.91 Å². The lowest BCUT2D eigenvalue weighted by molar-refractivity contribution is -0.136. The van der Waals surface area contributed by atoms with E-state index in [-0.39, 0.29) is 30.4 Å². The largest absolute Gasteiger partial charge is 0.481 e. The molecule has 8 heteroatoms. The highest BCUT2D eigenvalue weighted by Gasteiger charge is 2.26. The monoisotopic (exact) mass is 365 g/mol. The van der Waals surface area contributed by atoms with Crippen LogP contribution in [0, 0.1) is 5.82 Å². The number of carbonyl (C=O) groups excluding carboxylic acids is 1. The van der Waals surface area contributed by atoms with Gasteiger partial charge in [-0.2, -0.15) is 0 Å². The summed E-state index contributed by atoms with van der Waals surface area (Å²) < 4.78 is 24.5. The van der Waals surface area contributed by atoms with Crippen molar-refractivity contribution in [1.29, 1.82) is 0 Å². The van der Waals surface area contributed by atoms with Crippen molar-refractivity contribution in [3.63, 3.8) is 0 Å². The summed E-state index contributed by atoms with van der Waals surface area (Å²) >= 11 is 5.74. The first-order valence-corrected chi connectivity index (χ1v) is 8.29. The average Bonchev–Trinajstić information content (AvgIpc) is 2.63. The molecule has 1 amide bonds. The van der Waals surface area contributed by atoms with E-state index in [1.54, 1.807) is 17.0 Å². The highest BCUT2D eigenvalue weighted by atomic mass is 35.5. The first-order valence-electron chi connectivity index (χ1n) is 7.91. The molecule has 1 fully saturated rings. The van der Waals surface area contributed by atoms with Crippen molar-refractivity contribution in [2.45, 2.75) is 18.9 Å². The second-order valence-corrected chi connectivity index (χ2v) is 6.06. The van der Waals surface area contributed by atoms with Crippen LogP contribution in [0.2, 0.25) is 5.02 Å². The summed E-state index contributed by atoms with van der Waals surface area (Å²) in [5.41, 5.74) is 0. The molecule has 2 aromatic rings. The third-order valence-corrected chi connectivity index (χ3v) is 3.98. The highest BCUT2D eigenvalue weighted by Crippen LogP contribution is 2.18. The molecule has 1 atom stereocenters. The Bertz CT molecular complexity index is 729. The first kappa shape index (κ1) is 17.4. The Hall–Kier alpha value is -2.41. The zero-order chi connectivity index (χ0) is 17.6. The van der Waals surface area contributed by atoms with E-state index < -0.39 is 5.82 Å². The standard InChI is InChI=1S/C17H17ClFN3O3/c18-12-8-20-17(21-9-12)25-13-4-3-7-22(10-13)16(23)11-24-15-6-2-1-5-14(15)19/h1-2,5-6,8-9,13H,3-4,7,10-11H2. The van der Waals surface area contributed by atoms with Gasteiger partial charge in [-0.25, -0.2) is 14.4 Å². The predicted molar refractivity (Wildman–Crippen MR) is 89.2 cm³/mol. The SMILES string of the molecule is O=C(COc1ccccc1F)N1CCCC(Oc2ncc(Cl)cn2)C1. The van der Waals surface area contributed by atoms with Crippen LogP contribution in [0.4, 0.5) is 4.39 Å². The molecule has 3 rings (SSSR count). The summed E-state index contributed by atoms with van der Waals surface area (Å²) in [5, 5.41) is 0.429. The minimum Gasteiger partial charge on any atom is -0.481 e. The van der Waals surface area contributed by atoms with Crippen LogP contribution in [0.25, 0.3) is 0 Å². The summed E-state index contributed by atoms with van der Waals surface area (Å²) in [7, 11) is 0. The van der Waals surface area contributed by atoms with Gasteiger partial charge in [0.2, 0.25) is 0 Å². The molecule has 25 heavy (non-hydrogen) atoms. The van der Waals surface area contributed by atoms with Gasteiger partial charge in [0.15, 0.2) is 18.2 Å². The second-order valence-electron chi connectivity index (χ2n) is 5.62. The molecule has 1 aromatic carbocycles. The maximum Gasteiger partial charge on any atom is 0.316 e. The maximum absolute atomic E-state index is 13.5. The third kappa shape index (κ3) is 4.79. The molecule has 1 aliphatic heterocycles. The summed E-state index contributed by atoms with van der Waals surface area (Å²) in [4.78, 5) is 21.9. The molecule has 6 nitrogen and oxygen atoms in total. The first-order chi connectivity index (χ1) is 12.1. The number of halogens is 2. The van der Waals surface area contributed by atoms with Crippen LogP contribution in [0.15, 0.2) is 36.7 Å². The molecule has 0 saturated carbocycles. The highest BCUT2D eigenvalue weighted by molar-refractivity contribution is 6.30. The van der Waals surface area contributed by atoms with Crippen LogP contribution in [0.3, 0.4) is 0 Å². The number of aromatic nitrogens is 2. The quantitative estimate of drug-likeness (QED) is 0.815. The van der Waals surface area contributed by atoms with Crippen LogP contribution in [-0.2, 0) is 4.79 Å². The summed E-state index contributed by atoms with van der Waals surface area (Å²) in [5.74, 6) is -0.640. The van der Waals surface area contributed by atoms with Crippen LogP contribution in [0.5, 0.6) is 11.8 Å². The van der Waals surface area contributed by atoms with Gasteiger partial charge in [0.05, 0.1) is 24.0 Å². The van der Waals surface area contributed by atoms with Gasteiger partial charge in [-0.05, 0) is 25.0 Å². The van der Waals surface area contributed by atoms with Crippen LogP contribution >= 0.6 is 11.6 Å². The van der Waals surface area contributed by atoms with Crippen molar-refractivity contribution in [3.8, 4) is 11.8 Å². The number of nitrogens with zero attached hydrogens (tertiary/aromatic N) is 3. The molecule has 1 saturated heterocycles. The molecule has 0 N–H and O–H groups in total. The number of likely N-dealkylation sites (tertiary alicyclic amines) is 1. The van der Waals surface area contributed by atoms with Crippen LogP contribution in [-0.4, -0.2) is 46.6 Å². The van der Waals surface area contributed by atoms with Gasteiger partial charge in [-0.1, -0.05) is 23.7 Å². The number of ether oxygens (including phenoxy) is 2. The van der Waals surface area contributed by atoms with E-state index >= 15 is 0 Å². The van der Waals surface area contributed by atoms with E-state index in [4.69, 9.17) is 21.1 Å². The fraction of sp³-hybridized carbons (Fsp3) is 0.353. The van der Waals surface area contributed by atoms with Gasteiger partial charge < -0.3 is 14.4 Å². The third-order valence-electron chi connectivity index (χ3n) is 3.79. The molecule has 0 spiro atoms. The number of hydrogen-bond acceptors (Lipinski definition) is 5. The lowest BCUT2D eigenvalue weighted by Crippen LogP contribution is -2.46. The Balaban J connectivity index is 1.52. The lowest BCUT2D eigenvalue weighted by Gasteiger charge is -2.32. The molecule has 1 aliphatic rings. The Kier molecular flexibility index (Phi) is 5.65. The minimum absolute atomic E-state index is 0.0650. The Morgan fingerprint density at radius 2 is 2.08 bits per heavy atom. The topological polar surface area (TPSA) is 64.5 Å². The van der Waals surface area contributed by atoms with E-state index in [1.807, 2.05) is 0 Å². The summed E-state index contributed by atoms with van der Waals surface area (Å²) in [6, 6.07) is 6.22. The number of carbonyl (C=O) groups is 1. The van der Waals surface area contributed by atoms with Crippen molar-refractivity contribution in [2.75, 3.05) is 19.7 Å². The number of amides is 1. The second kappa shape index (κ2) is 8.11. The smallest absolute Gasteiger partial charge is 0.316 e. The minimum atomic E-state index is -0.491. The normalized spacial score (nSPS) is 17.2. The number of piperidine rings is 1. The molecule has 2 heterocycles. The molecule has 0 aliphatic carbocycles. The average molecular weight is 366 g/mol. The Labute approximate surface area is 149 Å². The molecular formula is C17H17ClFN3O3. The molecule has 132 valence electrons. The van der Waals surface area contributed by atoms with E-state index in [0.29, 0.717) is 18.1 Å². The molecule has 1 aromatic heterocycles.